The van der Waals surface area contributed by atoms with Gasteiger partial charge in [0.2, 0.25) is 0 Å². The smallest absolute Gasteiger partial charge is 0.269 e. The Bertz CT molecular complexity index is 522. The monoisotopic (exact) mass is 279 g/mol. The molecule has 0 unspecified atom stereocenters. The van der Waals surface area contributed by atoms with Crippen LogP contribution in [0.2, 0.25) is 0 Å². The van der Waals surface area contributed by atoms with E-state index in [-0.39, 0.29) is 11.3 Å². The Labute approximate surface area is 114 Å². The number of nitrogens with zero attached hydrogens (tertiary/aromatic N) is 1. The van der Waals surface area contributed by atoms with Crippen LogP contribution in [0.5, 0.6) is 0 Å². The van der Waals surface area contributed by atoms with Gasteiger partial charge >= 0.3 is 0 Å². The summed E-state index contributed by atoms with van der Waals surface area (Å²) in [4.78, 5) is 33.2. The largest absolute Gasteiger partial charge is 0.368 e. The molecule has 1 aliphatic rings. The average Bonchev–Trinajstić information content (AvgIpc) is 2.98. The van der Waals surface area contributed by atoms with E-state index < -0.39 is 22.8 Å². The minimum absolute atomic E-state index is 0.107. The Morgan fingerprint density at radius 1 is 1.25 bits per heavy atom. The van der Waals surface area contributed by atoms with E-state index in [9.17, 15) is 19.7 Å². The first-order valence-electron chi connectivity index (χ1n) is 6.04. The highest BCUT2D eigenvalue weighted by molar-refractivity contribution is 5.95. The number of hydrazine groups is 1. The van der Waals surface area contributed by atoms with Gasteiger partial charge in [-0.05, 0) is 25.0 Å². The van der Waals surface area contributed by atoms with Gasteiger partial charge in [0.15, 0.2) is 0 Å². The quantitative estimate of drug-likeness (QED) is 0.619. The van der Waals surface area contributed by atoms with Crippen LogP contribution in [-0.2, 0) is 9.53 Å². The van der Waals surface area contributed by atoms with Crippen molar-refractivity contribution >= 4 is 17.5 Å². The van der Waals surface area contributed by atoms with Crippen LogP contribution >= 0.6 is 0 Å². The minimum atomic E-state index is -0.555. The van der Waals surface area contributed by atoms with Gasteiger partial charge in [0.25, 0.3) is 17.5 Å². The molecule has 2 amide bonds. The second kappa shape index (κ2) is 6.11. The fraction of sp³-hybridized carbons (Fsp3) is 0.333. The number of carbonyl (C=O) groups excluding carboxylic acids is 2. The standard InChI is InChI=1S/C12H13N3O5/c16-11(8-3-5-9(6-4-8)15(18)19)13-14-12(17)10-2-1-7-20-10/h3-6,10H,1-2,7H2,(H,13,16)(H,14,17)/t10-/m0/s1. The van der Waals surface area contributed by atoms with Crippen molar-refractivity contribution < 1.29 is 19.2 Å². The number of nitrogens with one attached hydrogen (secondary N) is 2. The molecular weight excluding hydrogens is 266 g/mol. The Balaban J connectivity index is 1.88. The summed E-state index contributed by atoms with van der Waals surface area (Å²) in [5.41, 5.74) is 4.60. The maximum atomic E-state index is 11.7. The molecule has 8 nitrogen and oxygen atoms in total. The predicted molar refractivity (Wildman–Crippen MR) is 67.7 cm³/mol. The normalized spacial score (nSPS) is 17.5. The van der Waals surface area contributed by atoms with Crippen LogP contribution < -0.4 is 10.9 Å². The summed E-state index contributed by atoms with van der Waals surface area (Å²) in [6, 6.07) is 5.06. The van der Waals surface area contributed by atoms with Gasteiger partial charge in [0.05, 0.1) is 4.92 Å². The van der Waals surface area contributed by atoms with E-state index in [1.54, 1.807) is 0 Å². The van der Waals surface area contributed by atoms with E-state index in [4.69, 9.17) is 4.74 Å². The van der Waals surface area contributed by atoms with Gasteiger partial charge in [-0.25, -0.2) is 0 Å². The highest BCUT2D eigenvalue weighted by Gasteiger charge is 2.23. The van der Waals surface area contributed by atoms with Gasteiger partial charge in [0, 0.05) is 24.3 Å². The Morgan fingerprint density at radius 3 is 2.50 bits per heavy atom. The van der Waals surface area contributed by atoms with E-state index in [2.05, 4.69) is 10.9 Å². The van der Waals surface area contributed by atoms with Crippen LogP contribution in [0.1, 0.15) is 23.2 Å². The molecule has 0 saturated carbocycles. The molecule has 1 aromatic carbocycles. The summed E-state index contributed by atoms with van der Waals surface area (Å²) >= 11 is 0. The molecule has 106 valence electrons. The number of hydrogen-bond donors (Lipinski definition) is 2. The molecule has 0 aromatic heterocycles. The number of rotatable bonds is 3. The summed E-state index contributed by atoms with van der Waals surface area (Å²) in [5, 5.41) is 10.5. The minimum Gasteiger partial charge on any atom is -0.368 e. The highest BCUT2D eigenvalue weighted by Crippen LogP contribution is 2.12. The highest BCUT2D eigenvalue weighted by atomic mass is 16.6. The average molecular weight is 279 g/mol. The van der Waals surface area contributed by atoms with Gasteiger partial charge in [0.1, 0.15) is 6.10 Å². The molecule has 1 saturated heterocycles. The van der Waals surface area contributed by atoms with E-state index in [1.165, 1.54) is 24.3 Å². The van der Waals surface area contributed by atoms with E-state index in [0.29, 0.717) is 13.0 Å². The van der Waals surface area contributed by atoms with Crippen molar-refractivity contribution in [3.05, 3.63) is 39.9 Å². The number of amides is 2. The number of ether oxygens (including phenoxy) is 1. The van der Waals surface area contributed by atoms with Crippen LogP contribution in [0.4, 0.5) is 5.69 Å². The molecule has 0 spiro atoms. The van der Waals surface area contributed by atoms with Gasteiger partial charge in [-0.2, -0.15) is 0 Å². The fourth-order valence-corrected chi connectivity index (χ4v) is 1.79. The van der Waals surface area contributed by atoms with Gasteiger partial charge in [-0.3, -0.25) is 30.6 Å². The first-order chi connectivity index (χ1) is 9.58. The molecule has 0 radical (unpaired) electrons. The number of carbonyl (C=O) groups is 2. The van der Waals surface area contributed by atoms with Gasteiger partial charge in [-0.1, -0.05) is 0 Å². The van der Waals surface area contributed by atoms with Crippen LogP contribution in [0.3, 0.4) is 0 Å². The first-order valence-corrected chi connectivity index (χ1v) is 6.04. The number of benzene rings is 1. The second-order valence-corrected chi connectivity index (χ2v) is 4.25. The van der Waals surface area contributed by atoms with Crippen LogP contribution in [0.25, 0.3) is 0 Å². The molecule has 1 aromatic rings. The lowest BCUT2D eigenvalue weighted by Crippen LogP contribution is -2.46. The van der Waals surface area contributed by atoms with E-state index >= 15 is 0 Å². The molecule has 0 aliphatic carbocycles. The Morgan fingerprint density at radius 2 is 1.95 bits per heavy atom. The third-order valence-corrected chi connectivity index (χ3v) is 2.86. The molecule has 1 heterocycles. The summed E-state index contributed by atoms with van der Waals surface area (Å²) in [6.45, 7) is 0.536. The zero-order chi connectivity index (χ0) is 14.5. The van der Waals surface area contributed by atoms with E-state index in [1.807, 2.05) is 0 Å². The van der Waals surface area contributed by atoms with Crippen molar-refractivity contribution in [2.45, 2.75) is 18.9 Å². The second-order valence-electron chi connectivity index (χ2n) is 4.25. The first kappa shape index (κ1) is 13.9. The van der Waals surface area contributed by atoms with Crippen LogP contribution in [-0.4, -0.2) is 29.4 Å². The van der Waals surface area contributed by atoms with Crippen molar-refractivity contribution in [2.24, 2.45) is 0 Å². The summed E-state index contributed by atoms with van der Waals surface area (Å²) in [5.74, 6) is -0.955. The Hall–Kier alpha value is -2.48. The lowest BCUT2D eigenvalue weighted by atomic mass is 10.2. The van der Waals surface area contributed by atoms with Crippen molar-refractivity contribution in [3.8, 4) is 0 Å². The number of nitro benzene ring substituents is 1. The van der Waals surface area contributed by atoms with Crippen molar-refractivity contribution in [2.75, 3.05) is 6.61 Å². The molecule has 8 heteroatoms. The van der Waals surface area contributed by atoms with Crippen molar-refractivity contribution in [1.29, 1.82) is 0 Å². The number of nitro groups is 1. The van der Waals surface area contributed by atoms with Crippen LogP contribution in [0, 0.1) is 10.1 Å². The maximum absolute atomic E-state index is 11.7. The summed E-state index contributed by atoms with van der Waals surface area (Å²) in [7, 11) is 0. The van der Waals surface area contributed by atoms with Gasteiger partial charge in [-0.15, -0.1) is 0 Å². The third-order valence-electron chi connectivity index (χ3n) is 2.86. The zero-order valence-electron chi connectivity index (χ0n) is 10.5. The molecule has 0 bridgehead atoms. The van der Waals surface area contributed by atoms with Crippen molar-refractivity contribution in [1.82, 2.24) is 10.9 Å². The van der Waals surface area contributed by atoms with Gasteiger partial charge < -0.3 is 4.74 Å². The van der Waals surface area contributed by atoms with Crippen LogP contribution in [0.15, 0.2) is 24.3 Å². The Kier molecular flexibility index (Phi) is 4.26. The lowest BCUT2D eigenvalue weighted by Gasteiger charge is -2.11. The molecule has 1 fully saturated rings. The molecule has 2 N–H and O–H groups in total. The topological polar surface area (TPSA) is 111 Å². The molecule has 1 aliphatic heterocycles. The predicted octanol–water partition coefficient (Wildman–Crippen LogP) is 0.535. The molecule has 1 atom stereocenters. The van der Waals surface area contributed by atoms with Crippen molar-refractivity contribution in [3.63, 3.8) is 0 Å². The van der Waals surface area contributed by atoms with E-state index in [0.717, 1.165) is 6.42 Å². The summed E-state index contributed by atoms with van der Waals surface area (Å²) in [6.07, 6.45) is 0.903. The molecular formula is C12H13N3O5. The number of hydrogen-bond acceptors (Lipinski definition) is 5. The molecule has 2 rings (SSSR count). The third kappa shape index (κ3) is 3.29. The lowest BCUT2D eigenvalue weighted by molar-refractivity contribution is -0.384. The molecule has 20 heavy (non-hydrogen) atoms. The number of non-ortho nitro benzene ring substituents is 1. The summed E-state index contributed by atoms with van der Waals surface area (Å²) < 4.78 is 5.16. The fourth-order valence-electron chi connectivity index (χ4n) is 1.79. The zero-order valence-corrected chi connectivity index (χ0v) is 10.5. The SMILES string of the molecule is O=C(NNC(=O)[C@@H]1CCCO1)c1ccc([N+](=O)[O-])cc1. The maximum Gasteiger partial charge on any atom is 0.269 e.